The molecule has 0 nitrogen and oxygen atoms in total. The van der Waals surface area contributed by atoms with Crippen LogP contribution in [0.1, 0.15) is 0 Å². The minimum Gasteiger partial charge on any atom is -0.0695 e. The van der Waals surface area contributed by atoms with Crippen molar-refractivity contribution >= 4 is 47.7 Å². The maximum Gasteiger partial charge on any atom is 0.0385 e. The summed E-state index contributed by atoms with van der Waals surface area (Å²) in [7, 11) is 1.11. The normalized spacial score (nSPS) is 12.0. The molecule has 0 atom stereocenters. The summed E-state index contributed by atoms with van der Waals surface area (Å²) in [4.78, 5) is 0. The predicted octanol–water partition coefficient (Wildman–Crippen LogP) is 2.57. The minimum absolute atomic E-state index is 1.11. The second-order valence-corrected chi connectivity index (χ2v) is 5.95. The lowest BCUT2D eigenvalue weighted by molar-refractivity contribution is 1.80. The van der Waals surface area contributed by atoms with Crippen LogP contribution in [0.15, 0.2) is 54.6 Å². The Labute approximate surface area is 103 Å². The van der Waals surface area contributed by atoms with Gasteiger partial charge in [-0.2, -0.15) is 0 Å². The van der Waals surface area contributed by atoms with Gasteiger partial charge in [0.25, 0.3) is 0 Å². The van der Waals surface area contributed by atoms with E-state index >= 15 is 0 Å². The van der Waals surface area contributed by atoms with Crippen LogP contribution >= 0.6 is 0 Å². The molecule has 0 unspecified atom stereocenters. The highest BCUT2D eigenvalue weighted by Gasteiger charge is 2.07. The van der Waals surface area contributed by atoms with Crippen LogP contribution in [0.2, 0.25) is 0 Å². The fourth-order valence-corrected chi connectivity index (χ4v) is 3.53. The highest BCUT2D eigenvalue weighted by molar-refractivity contribution is 6.36. The van der Waals surface area contributed by atoms with Gasteiger partial charge in [0, 0.05) is 10.2 Å². The summed E-state index contributed by atoms with van der Waals surface area (Å²) in [6, 6.07) is 20.2. The summed E-state index contributed by atoms with van der Waals surface area (Å²) in [5.74, 6) is 0. The van der Waals surface area contributed by atoms with Crippen molar-refractivity contribution in [2.24, 2.45) is 0 Å². The first kappa shape index (κ1) is 9.20. The lowest BCUT2D eigenvalue weighted by Gasteiger charge is -2.11. The minimum atomic E-state index is 1.11. The number of rotatable bonds is 0. The van der Waals surface area contributed by atoms with E-state index in [1.807, 2.05) is 0 Å². The van der Waals surface area contributed by atoms with Gasteiger partial charge >= 0.3 is 0 Å². The van der Waals surface area contributed by atoms with E-state index in [1.54, 1.807) is 0 Å². The Kier molecular flexibility index (Phi) is 1.67. The van der Waals surface area contributed by atoms with Gasteiger partial charge in [0.05, 0.1) is 0 Å². The molecule has 0 aliphatic heterocycles. The van der Waals surface area contributed by atoms with Gasteiger partial charge in [-0.3, -0.25) is 0 Å². The molecule has 0 bridgehead atoms. The summed E-state index contributed by atoms with van der Waals surface area (Å²) < 4.78 is 0. The third-order valence-electron chi connectivity index (χ3n) is 3.61. The van der Waals surface area contributed by atoms with Gasteiger partial charge in [0.2, 0.25) is 0 Å². The lowest BCUT2D eigenvalue weighted by Crippen LogP contribution is -2.01. The van der Waals surface area contributed by atoms with Gasteiger partial charge in [-0.1, -0.05) is 59.8 Å². The number of hydrogen-bond acceptors (Lipinski definition) is 0. The Balaban J connectivity index is 2.45. The molecule has 0 saturated carbocycles. The molecule has 0 aliphatic carbocycles. The van der Waals surface area contributed by atoms with Crippen LogP contribution in [0, 0.1) is 0 Å². The lowest BCUT2D eigenvalue weighted by atomic mass is 9.94. The van der Waals surface area contributed by atoms with E-state index in [1.165, 1.54) is 37.5 Å². The van der Waals surface area contributed by atoms with Crippen molar-refractivity contribution in [2.45, 2.75) is 0 Å². The van der Waals surface area contributed by atoms with Crippen LogP contribution in [-0.4, -0.2) is 10.2 Å². The molecule has 0 aliphatic rings. The topological polar surface area (TPSA) is 0 Å². The highest BCUT2D eigenvalue weighted by atomic mass is 28.1. The fourth-order valence-electron chi connectivity index (χ4n) is 2.91. The van der Waals surface area contributed by atoms with Gasteiger partial charge in [-0.25, -0.2) is 0 Å². The van der Waals surface area contributed by atoms with Gasteiger partial charge < -0.3 is 0 Å². The molecule has 4 aromatic carbocycles. The number of benzene rings is 4. The molecule has 0 saturated heterocycles. The summed E-state index contributed by atoms with van der Waals surface area (Å²) in [5, 5.41) is 9.79. The van der Waals surface area contributed by atoms with Crippen LogP contribution < -0.4 is 5.19 Å². The van der Waals surface area contributed by atoms with Crippen molar-refractivity contribution < 1.29 is 0 Å². The van der Waals surface area contributed by atoms with Crippen LogP contribution in [0.5, 0.6) is 0 Å². The Morgan fingerprint density at radius 2 is 1.06 bits per heavy atom. The molecule has 0 fully saturated rings. The zero-order valence-corrected chi connectivity index (χ0v) is 11.7. The molecule has 0 amide bonds. The van der Waals surface area contributed by atoms with Gasteiger partial charge in [-0.05, 0) is 32.3 Å². The van der Waals surface area contributed by atoms with Crippen molar-refractivity contribution in [1.82, 2.24) is 0 Å². The van der Waals surface area contributed by atoms with E-state index in [0.717, 1.165) is 10.2 Å². The second kappa shape index (κ2) is 3.08. The Bertz CT molecular complexity index is 782. The quantitative estimate of drug-likeness (QED) is 0.323. The van der Waals surface area contributed by atoms with Crippen LogP contribution in [0.3, 0.4) is 0 Å². The Morgan fingerprint density at radius 3 is 1.65 bits per heavy atom. The third kappa shape index (κ3) is 1.17. The fraction of sp³-hybridized carbons (Fsp3) is 0. The van der Waals surface area contributed by atoms with E-state index in [-0.39, 0.29) is 0 Å². The van der Waals surface area contributed by atoms with Gasteiger partial charge in [0.1, 0.15) is 0 Å². The molecule has 1 heteroatoms. The number of hydrogen-bond donors (Lipinski definition) is 0. The van der Waals surface area contributed by atoms with E-state index < -0.39 is 0 Å². The molecule has 0 aromatic heterocycles. The van der Waals surface area contributed by atoms with E-state index in [0.29, 0.717) is 0 Å². The standard InChI is InChI=1S/C16H12Si/c17-14-8-12-6-4-10-2-1-3-11-5-7-13(9-14)16(12)15(10)11/h1-9H,17H3. The van der Waals surface area contributed by atoms with Crippen LogP contribution in [-0.2, 0) is 0 Å². The molecule has 17 heavy (non-hydrogen) atoms. The molecule has 0 heterocycles. The van der Waals surface area contributed by atoms with Crippen molar-refractivity contribution in [3.63, 3.8) is 0 Å². The third-order valence-corrected chi connectivity index (χ3v) is 4.18. The Morgan fingerprint density at radius 1 is 0.588 bits per heavy atom. The smallest absolute Gasteiger partial charge is 0.0385 e. The van der Waals surface area contributed by atoms with Crippen LogP contribution in [0.25, 0.3) is 32.3 Å². The summed E-state index contributed by atoms with van der Waals surface area (Å²) in [6.07, 6.45) is 0. The molecular weight excluding hydrogens is 220 g/mol. The van der Waals surface area contributed by atoms with E-state index in [2.05, 4.69) is 54.6 Å². The van der Waals surface area contributed by atoms with E-state index in [4.69, 9.17) is 0 Å². The average Bonchev–Trinajstić information content (AvgIpc) is 2.35. The average molecular weight is 232 g/mol. The zero-order valence-electron chi connectivity index (χ0n) is 9.70. The summed E-state index contributed by atoms with van der Waals surface area (Å²) in [6.45, 7) is 0. The first-order valence-electron chi connectivity index (χ1n) is 5.97. The molecule has 4 aromatic rings. The van der Waals surface area contributed by atoms with Crippen molar-refractivity contribution in [1.29, 1.82) is 0 Å². The van der Waals surface area contributed by atoms with Gasteiger partial charge in [-0.15, -0.1) is 0 Å². The maximum absolute atomic E-state index is 2.33. The maximum atomic E-state index is 2.33. The van der Waals surface area contributed by atoms with Crippen molar-refractivity contribution in [3.05, 3.63) is 54.6 Å². The SMILES string of the molecule is [SiH3]c1cc2ccc3cccc4ccc(c1)c2c34. The highest BCUT2D eigenvalue weighted by Crippen LogP contribution is 2.33. The van der Waals surface area contributed by atoms with Gasteiger partial charge in [0.15, 0.2) is 0 Å². The zero-order chi connectivity index (χ0) is 11.4. The van der Waals surface area contributed by atoms with Crippen molar-refractivity contribution in [3.8, 4) is 0 Å². The van der Waals surface area contributed by atoms with Crippen LogP contribution in [0.4, 0.5) is 0 Å². The predicted molar refractivity (Wildman–Crippen MR) is 79.7 cm³/mol. The summed E-state index contributed by atoms with van der Waals surface area (Å²) in [5.41, 5.74) is 0. The largest absolute Gasteiger partial charge is 0.0695 e. The molecule has 80 valence electrons. The molecule has 4 rings (SSSR count). The van der Waals surface area contributed by atoms with E-state index in [9.17, 15) is 0 Å². The molecule has 0 N–H and O–H groups in total. The monoisotopic (exact) mass is 232 g/mol. The first-order valence-corrected chi connectivity index (χ1v) is 6.97. The first-order chi connectivity index (χ1) is 8.33. The molecular formula is C16H12Si. The molecule has 0 spiro atoms. The summed E-state index contributed by atoms with van der Waals surface area (Å²) >= 11 is 0. The second-order valence-electron chi connectivity index (χ2n) is 4.80. The molecule has 0 radical (unpaired) electrons. The Hall–Kier alpha value is -1.86. The van der Waals surface area contributed by atoms with Crippen molar-refractivity contribution in [2.75, 3.05) is 0 Å².